The molecular formula is C15H22IN5. The van der Waals surface area contributed by atoms with E-state index in [0.717, 1.165) is 23.5 Å². The molecule has 0 saturated heterocycles. The lowest BCUT2D eigenvalue weighted by atomic mass is 10.1. The molecule has 0 unspecified atom stereocenters. The average Bonchev–Trinajstić information content (AvgIpc) is 2.75. The van der Waals surface area contributed by atoms with Crippen molar-refractivity contribution in [2.45, 2.75) is 26.8 Å². The molecule has 0 bridgehead atoms. The maximum atomic E-state index is 5.89. The Morgan fingerprint density at radius 2 is 2.00 bits per heavy atom. The van der Waals surface area contributed by atoms with E-state index in [0.29, 0.717) is 12.5 Å². The van der Waals surface area contributed by atoms with Crippen LogP contribution in [0.2, 0.25) is 0 Å². The molecule has 0 aliphatic rings. The highest BCUT2D eigenvalue weighted by Gasteiger charge is 2.01. The first-order valence-corrected chi connectivity index (χ1v) is 6.74. The summed E-state index contributed by atoms with van der Waals surface area (Å²) in [5.41, 5.74) is 10.2. The Kier molecular flexibility index (Phi) is 6.67. The number of aryl methyl sites for hydroxylation is 3. The van der Waals surface area contributed by atoms with Crippen LogP contribution in [0.1, 0.15) is 23.9 Å². The van der Waals surface area contributed by atoms with Crippen LogP contribution in [0.15, 0.2) is 35.3 Å². The van der Waals surface area contributed by atoms with Gasteiger partial charge in [0.05, 0.1) is 17.9 Å². The number of anilines is 1. The van der Waals surface area contributed by atoms with Gasteiger partial charge in [0.15, 0.2) is 5.96 Å². The largest absolute Gasteiger partial charge is 0.370 e. The lowest BCUT2D eigenvalue weighted by Crippen LogP contribution is -2.22. The second-order valence-electron chi connectivity index (χ2n) is 4.78. The van der Waals surface area contributed by atoms with Crippen molar-refractivity contribution >= 4 is 35.6 Å². The predicted molar refractivity (Wildman–Crippen MR) is 98.1 cm³/mol. The monoisotopic (exact) mass is 399 g/mol. The lowest BCUT2D eigenvalue weighted by molar-refractivity contribution is 0.706. The van der Waals surface area contributed by atoms with Crippen molar-refractivity contribution in [1.29, 1.82) is 0 Å². The summed E-state index contributed by atoms with van der Waals surface area (Å²) in [5.74, 6) is 0.410. The van der Waals surface area contributed by atoms with E-state index < -0.39 is 0 Å². The van der Waals surface area contributed by atoms with Crippen molar-refractivity contribution in [2.75, 3.05) is 5.32 Å². The Morgan fingerprint density at radius 1 is 1.33 bits per heavy atom. The second-order valence-corrected chi connectivity index (χ2v) is 4.78. The fourth-order valence-electron chi connectivity index (χ4n) is 1.99. The van der Waals surface area contributed by atoms with Gasteiger partial charge in [-0.25, -0.2) is 4.99 Å². The molecule has 21 heavy (non-hydrogen) atoms. The van der Waals surface area contributed by atoms with Gasteiger partial charge >= 0.3 is 0 Å². The lowest BCUT2D eigenvalue weighted by Gasteiger charge is -2.06. The van der Waals surface area contributed by atoms with Crippen LogP contribution < -0.4 is 11.1 Å². The number of benzene rings is 1. The van der Waals surface area contributed by atoms with Crippen molar-refractivity contribution in [3.05, 3.63) is 47.3 Å². The highest BCUT2D eigenvalue weighted by molar-refractivity contribution is 14.0. The number of hydrogen-bond acceptors (Lipinski definition) is 2. The van der Waals surface area contributed by atoms with Crippen molar-refractivity contribution in [1.82, 2.24) is 9.78 Å². The molecule has 0 atom stereocenters. The van der Waals surface area contributed by atoms with E-state index in [-0.39, 0.29) is 24.0 Å². The first-order chi connectivity index (χ1) is 9.58. The third-order valence-electron chi connectivity index (χ3n) is 3.14. The van der Waals surface area contributed by atoms with Crippen LogP contribution >= 0.6 is 24.0 Å². The summed E-state index contributed by atoms with van der Waals surface area (Å²) in [6.07, 6.45) is 1.03. The van der Waals surface area contributed by atoms with Gasteiger partial charge in [-0.2, -0.15) is 5.10 Å². The van der Waals surface area contributed by atoms with E-state index in [1.807, 2.05) is 36.9 Å². The van der Waals surface area contributed by atoms with Gasteiger partial charge in [0, 0.05) is 12.7 Å². The van der Waals surface area contributed by atoms with Crippen molar-refractivity contribution < 1.29 is 0 Å². The zero-order valence-electron chi connectivity index (χ0n) is 12.6. The Bertz CT molecular complexity index is 601. The molecule has 0 aliphatic carbocycles. The highest BCUT2D eigenvalue weighted by Crippen LogP contribution is 2.10. The predicted octanol–water partition coefficient (Wildman–Crippen LogP) is 2.84. The maximum absolute atomic E-state index is 5.89. The third kappa shape index (κ3) is 5.04. The minimum absolute atomic E-state index is 0. The standard InChI is InChI=1S/C15H21N5.HI/c1-4-12-5-7-13(8-6-12)18-15(16)17-10-14-9-11(2)19-20(14)3;/h5-9H,4,10H2,1-3H3,(H3,16,17,18);1H. The van der Waals surface area contributed by atoms with E-state index in [9.17, 15) is 0 Å². The normalized spacial score (nSPS) is 11.1. The number of guanidine groups is 1. The molecule has 2 rings (SSSR count). The molecule has 1 aromatic heterocycles. The molecule has 5 nitrogen and oxygen atoms in total. The van der Waals surface area contributed by atoms with Gasteiger partial charge in [-0.3, -0.25) is 4.68 Å². The first-order valence-electron chi connectivity index (χ1n) is 6.74. The van der Waals surface area contributed by atoms with E-state index in [1.54, 1.807) is 0 Å². The number of hydrogen-bond donors (Lipinski definition) is 2. The van der Waals surface area contributed by atoms with Crippen molar-refractivity contribution in [3.8, 4) is 0 Å². The zero-order chi connectivity index (χ0) is 14.5. The number of halogens is 1. The molecule has 0 saturated carbocycles. The second kappa shape index (κ2) is 8.02. The quantitative estimate of drug-likeness (QED) is 0.472. The number of aliphatic imine (C=N–C) groups is 1. The van der Waals surface area contributed by atoms with Gasteiger partial charge in [0.25, 0.3) is 0 Å². The molecule has 0 amide bonds. The average molecular weight is 399 g/mol. The Balaban J connectivity index is 0.00000220. The van der Waals surface area contributed by atoms with Crippen LogP contribution in [-0.2, 0) is 20.0 Å². The molecule has 1 heterocycles. The molecule has 114 valence electrons. The Labute approximate surface area is 142 Å². The zero-order valence-corrected chi connectivity index (χ0v) is 15.0. The molecule has 6 heteroatoms. The third-order valence-corrected chi connectivity index (χ3v) is 3.14. The van der Waals surface area contributed by atoms with Crippen LogP contribution in [0.5, 0.6) is 0 Å². The van der Waals surface area contributed by atoms with Gasteiger partial charge in [-0.05, 0) is 37.1 Å². The van der Waals surface area contributed by atoms with E-state index in [4.69, 9.17) is 5.73 Å². The van der Waals surface area contributed by atoms with Crippen LogP contribution in [0.4, 0.5) is 5.69 Å². The van der Waals surface area contributed by atoms with Crippen LogP contribution in [-0.4, -0.2) is 15.7 Å². The Hall–Kier alpha value is -1.57. The van der Waals surface area contributed by atoms with E-state index in [1.165, 1.54) is 5.56 Å². The summed E-state index contributed by atoms with van der Waals surface area (Å²) in [6, 6.07) is 10.2. The van der Waals surface area contributed by atoms with Gasteiger partial charge in [-0.15, -0.1) is 24.0 Å². The molecular weight excluding hydrogens is 377 g/mol. The molecule has 0 spiro atoms. The number of nitrogens with zero attached hydrogens (tertiary/aromatic N) is 3. The molecule has 2 aromatic rings. The summed E-state index contributed by atoms with van der Waals surface area (Å²) in [4.78, 5) is 4.33. The number of nitrogens with one attached hydrogen (secondary N) is 1. The van der Waals surface area contributed by atoms with Gasteiger partial charge in [0.2, 0.25) is 0 Å². The summed E-state index contributed by atoms with van der Waals surface area (Å²) in [7, 11) is 1.91. The highest BCUT2D eigenvalue weighted by atomic mass is 127. The fraction of sp³-hybridized carbons (Fsp3) is 0.333. The molecule has 0 radical (unpaired) electrons. The minimum atomic E-state index is 0. The first kappa shape index (κ1) is 17.5. The minimum Gasteiger partial charge on any atom is -0.370 e. The van der Waals surface area contributed by atoms with Crippen molar-refractivity contribution in [3.63, 3.8) is 0 Å². The summed E-state index contributed by atoms with van der Waals surface area (Å²) < 4.78 is 1.82. The molecule has 1 aromatic carbocycles. The molecule has 0 aliphatic heterocycles. The SMILES string of the molecule is CCc1ccc(NC(N)=NCc2cc(C)nn2C)cc1.I. The van der Waals surface area contributed by atoms with E-state index >= 15 is 0 Å². The summed E-state index contributed by atoms with van der Waals surface area (Å²) in [5, 5.41) is 7.37. The van der Waals surface area contributed by atoms with Crippen LogP contribution in [0.3, 0.4) is 0 Å². The Morgan fingerprint density at radius 3 is 2.52 bits per heavy atom. The van der Waals surface area contributed by atoms with Crippen LogP contribution in [0.25, 0.3) is 0 Å². The van der Waals surface area contributed by atoms with Gasteiger partial charge in [0.1, 0.15) is 0 Å². The maximum Gasteiger partial charge on any atom is 0.193 e. The number of aromatic nitrogens is 2. The molecule has 3 N–H and O–H groups in total. The summed E-state index contributed by atoms with van der Waals surface area (Å²) in [6.45, 7) is 4.61. The van der Waals surface area contributed by atoms with E-state index in [2.05, 4.69) is 34.5 Å². The topological polar surface area (TPSA) is 68.2 Å². The number of nitrogens with two attached hydrogens (primary N) is 1. The summed E-state index contributed by atoms with van der Waals surface area (Å²) >= 11 is 0. The smallest absolute Gasteiger partial charge is 0.193 e. The van der Waals surface area contributed by atoms with Gasteiger partial charge < -0.3 is 11.1 Å². The van der Waals surface area contributed by atoms with Gasteiger partial charge in [-0.1, -0.05) is 19.1 Å². The van der Waals surface area contributed by atoms with Crippen molar-refractivity contribution in [2.24, 2.45) is 17.8 Å². The van der Waals surface area contributed by atoms with Crippen LogP contribution in [0, 0.1) is 6.92 Å². The molecule has 0 fully saturated rings. The fourth-order valence-corrected chi connectivity index (χ4v) is 1.99. The number of rotatable bonds is 4.